The fourth-order valence-corrected chi connectivity index (χ4v) is 5.66. The number of carbonyl (C=O) groups excluding carboxylic acids is 1. The van der Waals surface area contributed by atoms with Crippen LogP contribution in [0.25, 0.3) is 5.69 Å². The molecule has 1 N–H and O–H groups in total. The number of aromatic nitrogens is 1. The first-order valence-corrected chi connectivity index (χ1v) is 13.6. The van der Waals surface area contributed by atoms with Crippen molar-refractivity contribution in [2.75, 3.05) is 10.8 Å². The van der Waals surface area contributed by atoms with Crippen LogP contribution in [0.2, 0.25) is 10.0 Å². The molecule has 0 saturated carbocycles. The molecule has 0 spiro atoms. The zero-order chi connectivity index (χ0) is 27.4. The van der Waals surface area contributed by atoms with E-state index in [9.17, 15) is 17.6 Å². The van der Waals surface area contributed by atoms with Gasteiger partial charge in [0.2, 0.25) is 0 Å². The van der Waals surface area contributed by atoms with Crippen molar-refractivity contribution >= 4 is 51.0 Å². The zero-order valence-corrected chi connectivity index (χ0v) is 22.7. The third kappa shape index (κ3) is 5.75. The second-order valence-electron chi connectivity index (χ2n) is 8.33. The summed E-state index contributed by atoms with van der Waals surface area (Å²) < 4.78 is 43.8. The van der Waals surface area contributed by atoms with Crippen molar-refractivity contribution < 1.29 is 17.6 Å². The van der Waals surface area contributed by atoms with Gasteiger partial charge in [-0.2, -0.15) is 5.10 Å². The summed E-state index contributed by atoms with van der Waals surface area (Å²) in [5.41, 5.74) is 5.08. The smallest absolute Gasteiger partial charge is 0.264 e. The van der Waals surface area contributed by atoms with Crippen LogP contribution < -0.4 is 9.73 Å². The van der Waals surface area contributed by atoms with E-state index in [0.717, 1.165) is 15.7 Å². The molecule has 0 saturated heterocycles. The number of benzene rings is 3. The molecule has 1 heterocycles. The van der Waals surface area contributed by atoms with Crippen LogP contribution in [0.4, 0.5) is 10.1 Å². The van der Waals surface area contributed by atoms with Crippen molar-refractivity contribution in [2.45, 2.75) is 18.7 Å². The molecule has 0 aliphatic rings. The fourth-order valence-electron chi connectivity index (χ4n) is 3.94. The van der Waals surface area contributed by atoms with Gasteiger partial charge in [-0.25, -0.2) is 18.2 Å². The minimum Gasteiger partial charge on any atom is -0.315 e. The van der Waals surface area contributed by atoms with Gasteiger partial charge in [0.1, 0.15) is 12.4 Å². The van der Waals surface area contributed by atoms with E-state index < -0.39 is 22.5 Å². The molecule has 196 valence electrons. The molecule has 38 heavy (non-hydrogen) atoms. The number of nitrogens with zero attached hydrogens (tertiary/aromatic N) is 3. The van der Waals surface area contributed by atoms with E-state index in [0.29, 0.717) is 11.3 Å². The van der Waals surface area contributed by atoms with Gasteiger partial charge in [-0.15, -0.1) is 0 Å². The van der Waals surface area contributed by atoms with Crippen LogP contribution in [0.5, 0.6) is 0 Å². The molecule has 0 bridgehead atoms. The quantitative estimate of drug-likeness (QED) is 0.211. The summed E-state index contributed by atoms with van der Waals surface area (Å²) in [7, 11) is -4.12. The first-order valence-electron chi connectivity index (χ1n) is 11.4. The Kier molecular flexibility index (Phi) is 8.20. The van der Waals surface area contributed by atoms with E-state index in [-0.39, 0.29) is 26.4 Å². The molecule has 0 aliphatic carbocycles. The number of para-hydroxylation sites is 1. The predicted molar refractivity (Wildman–Crippen MR) is 148 cm³/mol. The highest BCUT2D eigenvalue weighted by Crippen LogP contribution is 2.30. The maximum Gasteiger partial charge on any atom is 0.264 e. The van der Waals surface area contributed by atoms with Crippen LogP contribution in [-0.2, 0) is 14.8 Å². The number of sulfonamides is 1. The van der Waals surface area contributed by atoms with E-state index in [1.54, 1.807) is 54.0 Å². The number of hydrazone groups is 1. The number of amides is 1. The highest BCUT2D eigenvalue weighted by molar-refractivity contribution is 7.92. The molecule has 0 atom stereocenters. The van der Waals surface area contributed by atoms with Gasteiger partial charge in [-0.05, 0) is 62.4 Å². The summed E-state index contributed by atoms with van der Waals surface area (Å²) >= 11 is 12.1. The third-order valence-corrected chi connectivity index (χ3v) is 8.29. The molecule has 0 unspecified atom stereocenters. The number of rotatable bonds is 8. The normalized spacial score (nSPS) is 11.6. The van der Waals surface area contributed by atoms with E-state index in [2.05, 4.69) is 10.5 Å². The maximum atomic E-state index is 14.3. The summed E-state index contributed by atoms with van der Waals surface area (Å²) in [5, 5.41) is 4.39. The number of aryl methyl sites for hydroxylation is 1. The van der Waals surface area contributed by atoms with Crippen molar-refractivity contribution in [3.63, 3.8) is 0 Å². The molecule has 1 aromatic heterocycles. The summed E-state index contributed by atoms with van der Waals surface area (Å²) in [6.45, 7) is 3.07. The lowest BCUT2D eigenvalue weighted by atomic mass is 10.2. The number of halogens is 3. The van der Waals surface area contributed by atoms with Crippen LogP contribution in [0.1, 0.15) is 17.0 Å². The fraction of sp³-hybridized carbons (Fsp3) is 0.111. The molecule has 0 aliphatic heterocycles. The Hall–Kier alpha value is -3.66. The molecule has 0 fully saturated rings. The van der Waals surface area contributed by atoms with Crippen LogP contribution in [0.15, 0.2) is 88.9 Å². The van der Waals surface area contributed by atoms with Gasteiger partial charge < -0.3 is 4.57 Å². The number of carbonyl (C=O) groups is 1. The Bertz CT molecular complexity index is 1620. The summed E-state index contributed by atoms with van der Waals surface area (Å²) in [4.78, 5) is 12.8. The molecular formula is C27H23Cl2FN4O3S. The molecule has 4 aromatic rings. The summed E-state index contributed by atoms with van der Waals surface area (Å²) in [6, 6.07) is 20.2. The van der Waals surface area contributed by atoms with Gasteiger partial charge in [0.05, 0.1) is 32.5 Å². The lowest BCUT2D eigenvalue weighted by molar-refractivity contribution is -0.119. The van der Waals surface area contributed by atoms with Crippen molar-refractivity contribution in [3.8, 4) is 5.69 Å². The lowest BCUT2D eigenvalue weighted by Gasteiger charge is -2.24. The van der Waals surface area contributed by atoms with Crippen molar-refractivity contribution in [3.05, 3.63) is 112 Å². The van der Waals surface area contributed by atoms with E-state index in [4.69, 9.17) is 23.2 Å². The first-order chi connectivity index (χ1) is 18.1. The highest BCUT2D eigenvalue weighted by Gasteiger charge is 2.27. The van der Waals surface area contributed by atoms with Crippen LogP contribution in [-0.4, -0.2) is 31.7 Å². The van der Waals surface area contributed by atoms with Crippen molar-refractivity contribution in [1.82, 2.24) is 9.99 Å². The molecule has 11 heteroatoms. The average molecular weight is 573 g/mol. The molecule has 7 nitrogen and oxygen atoms in total. The summed E-state index contributed by atoms with van der Waals surface area (Å²) in [6.07, 6.45) is 1.42. The Morgan fingerprint density at radius 1 is 1.00 bits per heavy atom. The molecule has 1 amide bonds. The summed E-state index contributed by atoms with van der Waals surface area (Å²) in [5.74, 6) is -1.05. The standard InChI is InChI=1S/C27H23Cl2FN4O3S/c1-18-14-20(19(2)34(18)26-11-7-6-10-25(26)30)16-31-32-27(35)17-33(21-12-13-23(28)24(29)15-21)38(36,37)22-8-4-3-5-9-22/h3-16H,17H2,1-2H3,(H,32,35)/b31-16+. The Morgan fingerprint density at radius 2 is 1.68 bits per heavy atom. The average Bonchev–Trinajstić information content (AvgIpc) is 3.17. The van der Waals surface area contributed by atoms with E-state index in [1.165, 1.54) is 42.6 Å². The second kappa shape index (κ2) is 11.4. The number of anilines is 1. The van der Waals surface area contributed by atoms with Gasteiger partial charge in [-0.3, -0.25) is 9.10 Å². The monoisotopic (exact) mass is 572 g/mol. The van der Waals surface area contributed by atoms with Gasteiger partial charge in [0.15, 0.2) is 0 Å². The third-order valence-electron chi connectivity index (χ3n) is 5.77. The minimum absolute atomic E-state index is 0.00274. The molecule has 4 rings (SSSR count). The Morgan fingerprint density at radius 3 is 2.37 bits per heavy atom. The van der Waals surface area contributed by atoms with Crippen LogP contribution >= 0.6 is 23.2 Å². The molecule has 3 aromatic carbocycles. The second-order valence-corrected chi connectivity index (χ2v) is 11.0. The number of hydrogen-bond donors (Lipinski definition) is 1. The van der Waals surface area contributed by atoms with E-state index in [1.807, 2.05) is 6.92 Å². The highest BCUT2D eigenvalue weighted by atomic mass is 35.5. The van der Waals surface area contributed by atoms with Gasteiger partial charge in [0, 0.05) is 17.0 Å². The minimum atomic E-state index is -4.12. The Balaban J connectivity index is 1.57. The van der Waals surface area contributed by atoms with Gasteiger partial charge in [-0.1, -0.05) is 53.5 Å². The van der Waals surface area contributed by atoms with Crippen molar-refractivity contribution in [1.29, 1.82) is 0 Å². The number of nitrogens with one attached hydrogen (secondary N) is 1. The molecular weight excluding hydrogens is 550 g/mol. The van der Waals surface area contributed by atoms with Crippen LogP contribution in [0, 0.1) is 19.7 Å². The zero-order valence-electron chi connectivity index (χ0n) is 20.4. The first kappa shape index (κ1) is 27.4. The lowest BCUT2D eigenvalue weighted by Crippen LogP contribution is -2.39. The van der Waals surface area contributed by atoms with E-state index >= 15 is 0 Å². The Labute approximate surface area is 230 Å². The largest absolute Gasteiger partial charge is 0.315 e. The maximum absolute atomic E-state index is 14.3. The van der Waals surface area contributed by atoms with Crippen LogP contribution in [0.3, 0.4) is 0 Å². The van der Waals surface area contributed by atoms with Crippen molar-refractivity contribution in [2.24, 2.45) is 5.10 Å². The SMILES string of the molecule is Cc1cc(/C=N/NC(=O)CN(c2ccc(Cl)c(Cl)c2)S(=O)(=O)c2ccccc2)c(C)n1-c1ccccc1F. The predicted octanol–water partition coefficient (Wildman–Crippen LogP) is 5.89. The molecule has 0 radical (unpaired) electrons. The van der Waals surface area contributed by atoms with Gasteiger partial charge in [0.25, 0.3) is 15.9 Å². The van der Waals surface area contributed by atoms with Gasteiger partial charge >= 0.3 is 0 Å². The topological polar surface area (TPSA) is 83.8 Å². The number of hydrogen-bond acceptors (Lipinski definition) is 4.